The molecule has 0 N–H and O–H groups in total. The van der Waals surface area contributed by atoms with Gasteiger partial charge >= 0.3 is 6.18 Å². The number of halogens is 3. The zero-order chi connectivity index (χ0) is 15.6. The molecule has 0 bridgehead atoms. The van der Waals surface area contributed by atoms with Crippen LogP contribution in [0.1, 0.15) is 42.2 Å². The monoisotopic (exact) mass is 296 g/mol. The zero-order valence-corrected chi connectivity index (χ0v) is 11.7. The van der Waals surface area contributed by atoms with Gasteiger partial charge < -0.3 is 0 Å². The van der Waals surface area contributed by atoms with Gasteiger partial charge in [0.1, 0.15) is 5.69 Å². The van der Waals surface area contributed by atoms with Gasteiger partial charge in [-0.05, 0) is 25.5 Å². The number of alkyl halides is 3. The minimum atomic E-state index is -4.37. The molecule has 6 heteroatoms. The van der Waals surface area contributed by atoms with Crippen molar-refractivity contribution in [2.45, 2.75) is 32.5 Å². The molecule has 2 aromatic rings. The molecule has 0 saturated heterocycles. The molecule has 3 nitrogen and oxygen atoms in total. The molecule has 112 valence electrons. The van der Waals surface area contributed by atoms with Crippen LogP contribution in [0, 0.1) is 0 Å². The number of nitrogens with zero attached hydrogens (tertiary/aromatic N) is 2. The zero-order valence-electron chi connectivity index (χ0n) is 11.7. The van der Waals surface area contributed by atoms with Crippen LogP contribution in [0.2, 0.25) is 0 Å². The summed E-state index contributed by atoms with van der Waals surface area (Å²) in [6.07, 6.45) is -1.25. The molecular weight excluding hydrogens is 281 g/mol. The Bertz CT molecular complexity index is 629. The van der Waals surface area contributed by atoms with Gasteiger partial charge in [0.15, 0.2) is 6.29 Å². The minimum absolute atomic E-state index is 0.117. The minimum Gasteiger partial charge on any atom is -0.298 e. The van der Waals surface area contributed by atoms with Crippen LogP contribution < -0.4 is 0 Å². The summed E-state index contributed by atoms with van der Waals surface area (Å²) in [6.45, 7) is 3.95. The summed E-state index contributed by atoms with van der Waals surface area (Å²) in [6, 6.07) is 4.77. The van der Waals surface area contributed by atoms with Crippen molar-refractivity contribution in [2.75, 3.05) is 0 Å². The highest BCUT2D eigenvalue weighted by Crippen LogP contribution is 2.31. The van der Waals surface area contributed by atoms with Gasteiger partial charge in [0, 0.05) is 17.8 Å². The fourth-order valence-corrected chi connectivity index (χ4v) is 1.95. The van der Waals surface area contributed by atoms with Crippen molar-refractivity contribution in [3.05, 3.63) is 41.6 Å². The van der Waals surface area contributed by atoms with Crippen LogP contribution in [0.15, 0.2) is 30.5 Å². The van der Waals surface area contributed by atoms with E-state index in [1.807, 2.05) is 13.8 Å². The highest BCUT2D eigenvalue weighted by atomic mass is 19.4. The largest absolute Gasteiger partial charge is 0.416 e. The van der Waals surface area contributed by atoms with Crippen LogP contribution in [0.25, 0.3) is 11.3 Å². The van der Waals surface area contributed by atoms with E-state index >= 15 is 0 Å². The van der Waals surface area contributed by atoms with E-state index in [0.29, 0.717) is 23.1 Å². The SMILES string of the molecule is CCC(C)n1cc(C=O)c(-c2ccc(C(F)(F)F)cc2)n1. The molecule has 2 rings (SSSR count). The van der Waals surface area contributed by atoms with E-state index in [1.54, 1.807) is 10.9 Å². The molecule has 1 unspecified atom stereocenters. The van der Waals surface area contributed by atoms with Crippen LogP contribution >= 0.6 is 0 Å². The number of carbonyl (C=O) groups is 1. The van der Waals surface area contributed by atoms with E-state index in [9.17, 15) is 18.0 Å². The van der Waals surface area contributed by atoms with Crippen molar-refractivity contribution in [3.63, 3.8) is 0 Å². The summed E-state index contributed by atoms with van der Waals surface area (Å²) in [5, 5.41) is 4.32. The second kappa shape index (κ2) is 5.71. The van der Waals surface area contributed by atoms with E-state index in [-0.39, 0.29) is 6.04 Å². The molecule has 1 heterocycles. The number of carbonyl (C=O) groups excluding carboxylic acids is 1. The second-order valence-electron chi connectivity index (χ2n) is 4.86. The molecule has 0 fully saturated rings. The summed E-state index contributed by atoms with van der Waals surface area (Å²) in [7, 11) is 0. The highest BCUT2D eigenvalue weighted by molar-refractivity contribution is 5.85. The van der Waals surface area contributed by atoms with Crippen molar-refractivity contribution in [1.82, 2.24) is 9.78 Å². The van der Waals surface area contributed by atoms with Crippen LogP contribution in [0.5, 0.6) is 0 Å². The molecule has 0 saturated carbocycles. The number of rotatable bonds is 4. The van der Waals surface area contributed by atoms with Gasteiger partial charge in [-0.1, -0.05) is 19.1 Å². The number of hydrogen-bond donors (Lipinski definition) is 0. The second-order valence-corrected chi connectivity index (χ2v) is 4.86. The van der Waals surface area contributed by atoms with Gasteiger partial charge in [0.05, 0.1) is 11.1 Å². The van der Waals surface area contributed by atoms with Gasteiger partial charge in [0.25, 0.3) is 0 Å². The number of benzene rings is 1. The third-order valence-corrected chi connectivity index (χ3v) is 3.42. The topological polar surface area (TPSA) is 34.9 Å². The lowest BCUT2D eigenvalue weighted by Crippen LogP contribution is -2.05. The summed E-state index contributed by atoms with van der Waals surface area (Å²) in [5.41, 5.74) is 0.543. The van der Waals surface area contributed by atoms with Crippen LogP contribution in [-0.2, 0) is 6.18 Å². The van der Waals surface area contributed by atoms with E-state index in [1.165, 1.54) is 12.1 Å². The van der Waals surface area contributed by atoms with Crippen molar-refractivity contribution in [3.8, 4) is 11.3 Å². The molecule has 1 aromatic heterocycles. The Hall–Kier alpha value is -2.11. The molecular formula is C15H15F3N2O. The smallest absolute Gasteiger partial charge is 0.298 e. The first kappa shape index (κ1) is 15.3. The van der Waals surface area contributed by atoms with E-state index in [0.717, 1.165) is 18.6 Å². The van der Waals surface area contributed by atoms with Crippen molar-refractivity contribution >= 4 is 6.29 Å². The first-order valence-electron chi connectivity index (χ1n) is 6.58. The Labute approximate surface area is 120 Å². The summed E-state index contributed by atoms with van der Waals surface area (Å²) >= 11 is 0. The lowest BCUT2D eigenvalue weighted by molar-refractivity contribution is -0.137. The van der Waals surface area contributed by atoms with Crippen LogP contribution in [0.4, 0.5) is 13.2 Å². The Morgan fingerprint density at radius 3 is 2.38 bits per heavy atom. The number of aldehydes is 1. The predicted octanol–water partition coefficient (Wildman–Crippen LogP) is 4.35. The third kappa shape index (κ3) is 3.15. The van der Waals surface area contributed by atoms with Gasteiger partial charge in [0.2, 0.25) is 0 Å². The predicted molar refractivity (Wildman–Crippen MR) is 73.1 cm³/mol. The molecule has 0 amide bonds. The van der Waals surface area contributed by atoms with Crippen molar-refractivity contribution in [1.29, 1.82) is 0 Å². The first-order valence-corrected chi connectivity index (χ1v) is 6.58. The maximum absolute atomic E-state index is 12.5. The molecule has 1 atom stereocenters. The van der Waals surface area contributed by atoms with Gasteiger partial charge in [-0.2, -0.15) is 18.3 Å². The molecule has 0 radical (unpaired) electrons. The first-order chi connectivity index (χ1) is 9.86. The van der Waals surface area contributed by atoms with Gasteiger partial charge in [-0.15, -0.1) is 0 Å². The van der Waals surface area contributed by atoms with Gasteiger partial charge in [-0.3, -0.25) is 9.48 Å². The van der Waals surface area contributed by atoms with E-state index in [4.69, 9.17) is 0 Å². The Morgan fingerprint density at radius 2 is 1.90 bits per heavy atom. The van der Waals surface area contributed by atoms with Crippen LogP contribution in [-0.4, -0.2) is 16.1 Å². The third-order valence-electron chi connectivity index (χ3n) is 3.42. The standard InChI is InChI=1S/C15H15F3N2O/c1-3-10(2)20-8-12(9-21)14(19-20)11-4-6-13(7-5-11)15(16,17)18/h4-10H,3H2,1-2H3. The summed E-state index contributed by atoms with van der Waals surface area (Å²) in [5.74, 6) is 0. The number of aromatic nitrogens is 2. The maximum atomic E-state index is 12.5. The molecule has 21 heavy (non-hydrogen) atoms. The molecule has 0 aliphatic carbocycles. The Balaban J connectivity index is 2.41. The molecule has 0 aliphatic heterocycles. The quantitative estimate of drug-likeness (QED) is 0.786. The fourth-order valence-electron chi connectivity index (χ4n) is 1.95. The molecule has 1 aromatic carbocycles. The number of hydrogen-bond acceptors (Lipinski definition) is 2. The Kier molecular flexibility index (Phi) is 4.16. The summed E-state index contributed by atoms with van der Waals surface area (Å²) < 4.78 is 39.3. The lowest BCUT2D eigenvalue weighted by atomic mass is 10.1. The molecule has 0 spiro atoms. The average Bonchev–Trinajstić information content (AvgIpc) is 2.90. The van der Waals surface area contributed by atoms with Crippen LogP contribution in [0.3, 0.4) is 0 Å². The normalized spacial score (nSPS) is 13.2. The van der Waals surface area contributed by atoms with Gasteiger partial charge in [-0.25, -0.2) is 0 Å². The highest BCUT2D eigenvalue weighted by Gasteiger charge is 2.30. The summed E-state index contributed by atoms with van der Waals surface area (Å²) in [4.78, 5) is 11.1. The molecule has 0 aliphatic rings. The maximum Gasteiger partial charge on any atom is 0.416 e. The fraction of sp³-hybridized carbons (Fsp3) is 0.333. The average molecular weight is 296 g/mol. The van der Waals surface area contributed by atoms with Crippen molar-refractivity contribution in [2.24, 2.45) is 0 Å². The van der Waals surface area contributed by atoms with Crippen molar-refractivity contribution < 1.29 is 18.0 Å². The Morgan fingerprint density at radius 1 is 1.29 bits per heavy atom. The van der Waals surface area contributed by atoms with E-state index < -0.39 is 11.7 Å². The lowest BCUT2D eigenvalue weighted by Gasteiger charge is -2.08. The van der Waals surface area contributed by atoms with E-state index in [2.05, 4.69) is 5.10 Å².